The molecule has 1 atom stereocenters. The van der Waals surface area contributed by atoms with Crippen LogP contribution in [0.5, 0.6) is 0 Å². The van der Waals surface area contributed by atoms with Gasteiger partial charge in [-0.3, -0.25) is 9.59 Å². The largest absolute Gasteiger partial charge is 1.00 e. The minimum atomic E-state index is -0.842. The molecule has 0 saturated carbocycles. The molecule has 0 aromatic heterocycles. The Balaban J connectivity index is 0.00000196. The van der Waals surface area contributed by atoms with E-state index in [9.17, 15) is 14.7 Å². The zero-order valence-electron chi connectivity index (χ0n) is 9.49. The zero-order chi connectivity index (χ0) is 10.9. The molecule has 4 nitrogen and oxygen atoms in total. The molecule has 0 heterocycles. The second kappa shape index (κ2) is 5.14. The van der Waals surface area contributed by atoms with E-state index in [2.05, 4.69) is 4.74 Å². The van der Waals surface area contributed by atoms with Crippen molar-refractivity contribution in [2.45, 2.75) is 20.3 Å². The molecule has 0 saturated heterocycles. The topological polar surface area (TPSA) is 66.4 Å². The number of carbonyl (C=O) groups is 2. The summed E-state index contributed by atoms with van der Waals surface area (Å²) < 4.78 is 4.54. The number of esters is 1. The number of hydrogen-bond acceptors (Lipinski definition) is 4. The average Bonchev–Trinajstić information content (AvgIpc) is 1.99. The van der Waals surface area contributed by atoms with Gasteiger partial charge < -0.3 is 9.84 Å². The van der Waals surface area contributed by atoms with Crippen molar-refractivity contribution in [3.05, 3.63) is 11.8 Å². The van der Waals surface area contributed by atoms with E-state index in [-0.39, 0.29) is 41.7 Å². The molecule has 0 aromatic carbocycles. The third-order valence-electron chi connectivity index (χ3n) is 2.44. The van der Waals surface area contributed by atoms with E-state index in [4.69, 9.17) is 0 Å². The van der Waals surface area contributed by atoms with Gasteiger partial charge in [-0.1, -0.05) is 13.8 Å². The molecular formula is C10H13NaO4. The summed E-state index contributed by atoms with van der Waals surface area (Å²) in [5.74, 6) is -2.08. The monoisotopic (exact) mass is 220 g/mol. The van der Waals surface area contributed by atoms with E-state index in [0.717, 1.165) is 6.08 Å². The molecule has 0 fully saturated rings. The van der Waals surface area contributed by atoms with E-state index >= 15 is 0 Å². The zero-order valence-corrected chi connectivity index (χ0v) is 11.5. The van der Waals surface area contributed by atoms with Gasteiger partial charge in [-0.15, -0.1) is 5.76 Å². The van der Waals surface area contributed by atoms with Gasteiger partial charge in [0.25, 0.3) is 0 Å². The van der Waals surface area contributed by atoms with Crippen LogP contribution in [0.2, 0.25) is 0 Å². The Morgan fingerprint density at radius 2 is 2.13 bits per heavy atom. The minimum absolute atomic E-state index is 0. The van der Waals surface area contributed by atoms with Crippen LogP contribution in [0.25, 0.3) is 0 Å². The summed E-state index contributed by atoms with van der Waals surface area (Å²) >= 11 is 0. The van der Waals surface area contributed by atoms with Crippen molar-refractivity contribution in [1.82, 2.24) is 0 Å². The third-order valence-corrected chi connectivity index (χ3v) is 2.44. The van der Waals surface area contributed by atoms with Crippen LogP contribution < -0.4 is 34.7 Å². The van der Waals surface area contributed by atoms with Crippen LogP contribution in [0.15, 0.2) is 11.8 Å². The van der Waals surface area contributed by atoms with Crippen LogP contribution in [0.1, 0.15) is 20.3 Å². The van der Waals surface area contributed by atoms with Gasteiger partial charge in [0.1, 0.15) is 5.92 Å². The standard InChI is InChI=1S/C10H14O4.Na/c1-10(2)5-6(11)4-7(12)8(10)9(13)14-3;/h4,8,11H,5H2,1-3H3;/q;+1/p-1. The fraction of sp³-hybridized carbons (Fsp3) is 0.600. The van der Waals surface area contributed by atoms with Crippen LogP contribution in [0, 0.1) is 11.3 Å². The smallest absolute Gasteiger partial charge is 0.875 e. The van der Waals surface area contributed by atoms with Crippen LogP contribution >= 0.6 is 0 Å². The summed E-state index contributed by atoms with van der Waals surface area (Å²) in [5, 5.41) is 11.1. The quantitative estimate of drug-likeness (QED) is 0.269. The first kappa shape index (κ1) is 14.7. The number of allylic oxidation sites excluding steroid dienone is 2. The minimum Gasteiger partial charge on any atom is -0.875 e. The third kappa shape index (κ3) is 3.06. The van der Waals surface area contributed by atoms with Gasteiger partial charge in [-0.25, -0.2) is 0 Å². The Hall–Kier alpha value is -0.320. The van der Waals surface area contributed by atoms with E-state index in [1.165, 1.54) is 7.11 Å². The Bertz CT molecular complexity index is 307. The summed E-state index contributed by atoms with van der Waals surface area (Å²) in [7, 11) is 1.24. The molecule has 0 radical (unpaired) electrons. The maximum absolute atomic E-state index is 11.4. The average molecular weight is 220 g/mol. The van der Waals surface area contributed by atoms with Crippen molar-refractivity contribution in [3.8, 4) is 0 Å². The summed E-state index contributed by atoms with van der Waals surface area (Å²) in [6, 6.07) is 0. The van der Waals surface area contributed by atoms with Crippen molar-refractivity contribution >= 4 is 11.8 Å². The Morgan fingerprint density at radius 1 is 1.60 bits per heavy atom. The Kier molecular flexibility index (Phi) is 5.03. The maximum atomic E-state index is 11.4. The van der Waals surface area contributed by atoms with E-state index in [1.54, 1.807) is 13.8 Å². The molecule has 0 aliphatic heterocycles. The first-order valence-electron chi connectivity index (χ1n) is 4.38. The number of ketones is 1. The molecule has 0 N–H and O–H groups in total. The van der Waals surface area contributed by atoms with Gasteiger partial charge in [-0.2, -0.15) is 0 Å². The second-order valence-corrected chi connectivity index (χ2v) is 4.13. The number of carbonyl (C=O) groups excluding carboxylic acids is 2. The van der Waals surface area contributed by atoms with Crippen LogP contribution in [-0.2, 0) is 14.3 Å². The van der Waals surface area contributed by atoms with Crippen molar-refractivity contribution in [1.29, 1.82) is 0 Å². The molecule has 0 aromatic rings. The normalized spacial score (nSPS) is 23.8. The SMILES string of the molecule is COC(=O)C1C(=O)C=C([O-])CC1(C)C.[Na+]. The molecule has 0 spiro atoms. The van der Waals surface area contributed by atoms with Crippen molar-refractivity contribution in [2.75, 3.05) is 7.11 Å². The predicted molar refractivity (Wildman–Crippen MR) is 47.0 cm³/mol. The van der Waals surface area contributed by atoms with Gasteiger partial charge >= 0.3 is 35.5 Å². The molecule has 0 bridgehead atoms. The van der Waals surface area contributed by atoms with Crippen LogP contribution in [0.3, 0.4) is 0 Å². The van der Waals surface area contributed by atoms with E-state index in [1.807, 2.05) is 0 Å². The molecule has 1 unspecified atom stereocenters. The first-order valence-corrected chi connectivity index (χ1v) is 4.38. The maximum Gasteiger partial charge on any atom is 1.00 e. The second-order valence-electron chi connectivity index (χ2n) is 4.13. The van der Waals surface area contributed by atoms with Gasteiger partial charge in [-0.05, 0) is 17.9 Å². The number of hydrogen-bond donors (Lipinski definition) is 0. The van der Waals surface area contributed by atoms with Crippen LogP contribution in [0.4, 0.5) is 0 Å². The predicted octanol–water partition coefficient (Wildman–Crippen LogP) is -2.98. The molecule has 5 heteroatoms. The molecule has 1 aliphatic rings. The number of rotatable bonds is 1. The number of ether oxygens (including phenoxy) is 1. The fourth-order valence-corrected chi connectivity index (χ4v) is 1.78. The molecule has 0 amide bonds. The fourth-order valence-electron chi connectivity index (χ4n) is 1.78. The van der Waals surface area contributed by atoms with Gasteiger partial charge in [0, 0.05) is 0 Å². The molecule has 78 valence electrons. The van der Waals surface area contributed by atoms with E-state index < -0.39 is 23.1 Å². The molecular weight excluding hydrogens is 207 g/mol. The first-order chi connectivity index (χ1) is 6.38. The molecule has 1 aliphatic carbocycles. The summed E-state index contributed by atoms with van der Waals surface area (Å²) in [6.07, 6.45) is 1.20. The van der Waals surface area contributed by atoms with Gasteiger partial charge in [0.05, 0.1) is 7.11 Å². The van der Waals surface area contributed by atoms with E-state index in [0.29, 0.717) is 0 Å². The van der Waals surface area contributed by atoms with Crippen LogP contribution in [-0.4, -0.2) is 18.9 Å². The summed E-state index contributed by atoms with van der Waals surface area (Å²) in [5.41, 5.74) is -0.643. The van der Waals surface area contributed by atoms with Gasteiger partial charge in [0.2, 0.25) is 0 Å². The molecule has 15 heavy (non-hydrogen) atoms. The van der Waals surface area contributed by atoms with Crippen molar-refractivity contribution in [3.63, 3.8) is 0 Å². The Labute approximate surface area is 111 Å². The van der Waals surface area contributed by atoms with Crippen molar-refractivity contribution in [2.24, 2.45) is 11.3 Å². The number of methoxy groups -OCH3 is 1. The summed E-state index contributed by atoms with van der Waals surface area (Å²) in [4.78, 5) is 22.8. The Morgan fingerprint density at radius 3 is 2.53 bits per heavy atom. The van der Waals surface area contributed by atoms with Gasteiger partial charge in [0.15, 0.2) is 5.78 Å². The molecule has 1 rings (SSSR count). The summed E-state index contributed by atoms with van der Waals surface area (Å²) in [6.45, 7) is 3.44. The van der Waals surface area contributed by atoms with Crippen molar-refractivity contribution < 1.29 is 49.0 Å².